The maximum atomic E-state index is 6.05. The van der Waals surface area contributed by atoms with Crippen LogP contribution in [0.3, 0.4) is 0 Å². The van der Waals surface area contributed by atoms with E-state index in [0.717, 1.165) is 59.0 Å². The number of halogens is 2. The van der Waals surface area contributed by atoms with Gasteiger partial charge in [0.2, 0.25) is 0 Å². The summed E-state index contributed by atoms with van der Waals surface area (Å²) in [6, 6.07) is 12.5. The highest BCUT2D eigenvalue weighted by Gasteiger charge is 2.07. The zero-order valence-electron chi connectivity index (χ0n) is 15.5. The molecule has 144 valence electrons. The quantitative estimate of drug-likeness (QED) is 0.203. The molecular formula is C22H30Br2O2. The monoisotopic (exact) mass is 484 g/mol. The van der Waals surface area contributed by atoms with Crippen LogP contribution in [0.5, 0.6) is 11.5 Å². The molecule has 4 heteroatoms. The highest BCUT2D eigenvalue weighted by Crippen LogP contribution is 2.32. The molecule has 0 spiro atoms. The summed E-state index contributed by atoms with van der Waals surface area (Å²) in [5.74, 6) is 1.93. The molecule has 0 fully saturated rings. The minimum atomic E-state index is 0.778. The van der Waals surface area contributed by atoms with Crippen LogP contribution in [0.2, 0.25) is 0 Å². The molecule has 0 aromatic heterocycles. The molecule has 0 bridgehead atoms. The first-order valence-corrected chi connectivity index (χ1v) is 12.0. The second-order valence-corrected chi connectivity index (χ2v) is 8.10. The second-order valence-electron chi connectivity index (χ2n) is 6.51. The largest absolute Gasteiger partial charge is 0.493 e. The van der Waals surface area contributed by atoms with Crippen LogP contribution in [0.15, 0.2) is 36.4 Å². The van der Waals surface area contributed by atoms with Crippen LogP contribution < -0.4 is 9.47 Å². The van der Waals surface area contributed by atoms with E-state index in [1.54, 1.807) is 0 Å². The Balaban J connectivity index is 1.88. The molecule has 2 rings (SSSR count). The molecule has 0 unspecified atom stereocenters. The predicted molar refractivity (Wildman–Crippen MR) is 119 cm³/mol. The third-order valence-electron chi connectivity index (χ3n) is 4.41. The zero-order chi connectivity index (χ0) is 18.5. The van der Waals surface area contributed by atoms with E-state index in [1.165, 1.54) is 38.5 Å². The van der Waals surface area contributed by atoms with E-state index in [4.69, 9.17) is 9.47 Å². The number of ether oxygens (including phenoxy) is 2. The Bertz CT molecular complexity index is 575. The summed E-state index contributed by atoms with van der Waals surface area (Å²) in [5, 5.41) is 4.47. The van der Waals surface area contributed by atoms with Gasteiger partial charge in [-0.3, -0.25) is 0 Å². The van der Waals surface area contributed by atoms with Crippen molar-refractivity contribution in [2.75, 3.05) is 23.9 Å². The van der Waals surface area contributed by atoms with Crippen molar-refractivity contribution in [3.63, 3.8) is 0 Å². The molecule has 0 heterocycles. The fraction of sp³-hybridized carbons (Fsp3) is 0.545. The van der Waals surface area contributed by atoms with Gasteiger partial charge in [0, 0.05) is 21.4 Å². The zero-order valence-corrected chi connectivity index (χ0v) is 18.7. The standard InChI is InChI=1S/C22H30Br2O2/c23-15-5-1-3-7-17-25-21-13-9-12-20-19(21)11-10-14-22(20)26-18-8-4-2-6-16-24/h9-14H,1-8,15-18H2. The molecule has 0 radical (unpaired) electrons. The van der Waals surface area contributed by atoms with Gasteiger partial charge in [-0.1, -0.05) is 81.8 Å². The highest BCUT2D eigenvalue weighted by molar-refractivity contribution is 9.09. The molecule has 0 aliphatic heterocycles. The molecule has 2 aromatic rings. The topological polar surface area (TPSA) is 18.5 Å². The smallest absolute Gasteiger partial charge is 0.127 e. The summed E-state index contributed by atoms with van der Waals surface area (Å²) >= 11 is 6.95. The van der Waals surface area contributed by atoms with Gasteiger partial charge in [0.25, 0.3) is 0 Å². The molecule has 0 amide bonds. The van der Waals surface area contributed by atoms with Crippen molar-refractivity contribution in [2.45, 2.75) is 51.4 Å². The Kier molecular flexibility index (Phi) is 11.1. The van der Waals surface area contributed by atoms with E-state index in [1.807, 2.05) is 0 Å². The van der Waals surface area contributed by atoms with Crippen molar-refractivity contribution in [1.29, 1.82) is 0 Å². The molecule has 0 atom stereocenters. The number of benzene rings is 2. The fourth-order valence-electron chi connectivity index (χ4n) is 2.97. The first-order chi connectivity index (χ1) is 12.9. The summed E-state index contributed by atoms with van der Waals surface area (Å²) in [7, 11) is 0. The van der Waals surface area contributed by atoms with E-state index >= 15 is 0 Å². The van der Waals surface area contributed by atoms with Crippen LogP contribution >= 0.6 is 31.9 Å². The van der Waals surface area contributed by atoms with Crippen molar-refractivity contribution in [3.8, 4) is 11.5 Å². The van der Waals surface area contributed by atoms with Crippen LogP contribution in [-0.4, -0.2) is 23.9 Å². The third kappa shape index (κ3) is 7.48. The van der Waals surface area contributed by atoms with Gasteiger partial charge in [0.1, 0.15) is 11.5 Å². The summed E-state index contributed by atoms with van der Waals surface area (Å²) in [6.07, 6.45) is 9.66. The third-order valence-corrected chi connectivity index (χ3v) is 5.53. The normalized spacial score (nSPS) is 11.0. The molecule has 0 aliphatic carbocycles. The lowest BCUT2D eigenvalue weighted by Crippen LogP contribution is -2.00. The first kappa shape index (κ1) is 21.6. The van der Waals surface area contributed by atoms with E-state index < -0.39 is 0 Å². The van der Waals surface area contributed by atoms with Gasteiger partial charge in [-0.15, -0.1) is 0 Å². The molecule has 2 nitrogen and oxygen atoms in total. The van der Waals surface area contributed by atoms with Crippen LogP contribution in [0, 0.1) is 0 Å². The number of fused-ring (bicyclic) bond motifs is 1. The van der Waals surface area contributed by atoms with Crippen molar-refractivity contribution < 1.29 is 9.47 Å². The number of hydrogen-bond acceptors (Lipinski definition) is 2. The lowest BCUT2D eigenvalue weighted by molar-refractivity contribution is 0.305. The Morgan fingerprint density at radius 3 is 1.38 bits per heavy atom. The van der Waals surface area contributed by atoms with E-state index in [-0.39, 0.29) is 0 Å². The van der Waals surface area contributed by atoms with Gasteiger partial charge in [-0.2, -0.15) is 0 Å². The van der Waals surface area contributed by atoms with Crippen molar-refractivity contribution in [2.24, 2.45) is 0 Å². The molecule has 26 heavy (non-hydrogen) atoms. The van der Waals surface area contributed by atoms with Gasteiger partial charge in [-0.25, -0.2) is 0 Å². The Hall–Kier alpha value is -0.740. The maximum absolute atomic E-state index is 6.05. The Labute approximate surface area is 174 Å². The van der Waals surface area contributed by atoms with Crippen LogP contribution in [-0.2, 0) is 0 Å². The first-order valence-electron chi connectivity index (χ1n) is 9.76. The van der Waals surface area contributed by atoms with Gasteiger partial charge < -0.3 is 9.47 Å². The van der Waals surface area contributed by atoms with Crippen molar-refractivity contribution >= 4 is 42.6 Å². The van der Waals surface area contributed by atoms with Crippen molar-refractivity contribution in [1.82, 2.24) is 0 Å². The van der Waals surface area contributed by atoms with Gasteiger partial charge in [-0.05, 0) is 37.8 Å². The van der Waals surface area contributed by atoms with Crippen molar-refractivity contribution in [3.05, 3.63) is 36.4 Å². The minimum Gasteiger partial charge on any atom is -0.493 e. The van der Waals surface area contributed by atoms with Gasteiger partial charge in [0.15, 0.2) is 0 Å². The second kappa shape index (κ2) is 13.4. The van der Waals surface area contributed by atoms with Gasteiger partial charge >= 0.3 is 0 Å². The summed E-state index contributed by atoms with van der Waals surface area (Å²) in [5.41, 5.74) is 0. The lowest BCUT2D eigenvalue weighted by Gasteiger charge is -2.13. The number of alkyl halides is 2. The summed E-state index contributed by atoms with van der Waals surface area (Å²) < 4.78 is 12.1. The van der Waals surface area contributed by atoms with Crippen LogP contribution in [0.25, 0.3) is 10.8 Å². The van der Waals surface area contributed by atoms with Gasteiger partial charge in [0.05, 0.1) is 13.2 Å². The number of unbranched alkanes of at least 4 members (excludes halogenated alkanes) is 6. The summed E-state index contributed by atoms with van der Waals surface area (Å²) in [6.45, 7) is 1.56. The minimum absolute atomic E-state index is 0.778. The molecule has 0 aliphatic rings. The van der Waals surface area contributed by atoms with E-state index in [0.29, 0.717) is 0 Å². The predicted octanol–water partition coefficient (Wildman–Crippen LogP) is 7.51. The average molecular weight is 486 g/mol. The van der Waals surface area contributed by atoms with E-state index in [9.17, 15) is 0 Å². The Morgan fingerprint density at radius 2 is 0.962 bits per heavy atom. The maximum Gasteiger partial charge on any atom is 0.127 e. The molecular weight excluding hydrogens is 456 g/mol. The molecule has 0 N–H and O–H groups in total. The van der Waals surface area contributed by atoms with E-state index in [2.05, 4.69) is 68.3 Å². The Morgan fingerprint density at radius 1 is 0.538 bits per heavy atom. The molecule has 0 saturated carbocycles. The summed E-state index contributed by atoms with van der Waals surface area (Å²) in [4.78, 5) is 0. The number of rotatable bonds is 14. The van der Waals surface area contributed by atoms with Crippen LogP contribution in [0.1, 0.15) is 51.4 Å². The number of hydrogen-bond donors (Lipinski definition) is 0. The van der Waals surface area contributed by atoms with Crippen LogP contribution in [0.4, 0.5) is 0 Å². The SMILES string of the molecule is BrCCCCCCOc1cccc2c(OCCCCCCBr)cccc12. The molecule has 2 aromatic carbocycles. The fourth-order valence-corrected chi connectivity index (χ4v) is 3.76. The highest BCUT2D eigenvalue weighted by atomic mass is 79.9. The average Bonchev–Trinajstić information content (AvgIpc) is 2.67. The molecule has 0 saturated heterocycles. The lowest BCUT2D eigenvalue weighted by atomic mass is 10.1.